The van der Waals surface area contributed by atoms with Gasteiger partial charge in [0.1, 0.15) is 11.4 Å². The molecule has 2 N–H and O–H groups in total. The molecular weight excluding hydrogens is 432 g/mol. The standard InChI is InChI=1S/C26H36N4O4/c1-5-6-19-33-23-13-9-21(10-14-23)28-24(31)27-20-7-11-22(12-8-20)29-15-17-30(18-16-29)25(32)34-26(2,3)4/h7-14H,5-6,15-19H2,1-4H3,(H2,27,28,31). The maximum atomic E-state index is 12.4. The summed E-state index contributed by atoms with van der Waals surface area (Å²) in [5, 5.41) is 5.68. The molecule has 0 spiro atoms. The zero-order chi connectivity index (χ0) is 24.6. The van der Waals surface area contributed by atoms with Crippen LogP contribution in [0.25, 0.3) is 0 Å². The summed E-state index contributed by atoms with van der Waals surface area (Å²) in [7, 11) is 0. The van der Waals surface area contributed by atoms with Gasteiger partial charge in [-0.3, -0.25) is 0 Å². The lowest BCUT2D eigenvalue weighted by atomic mass is 10.2. The van der Waals surface area contributed by atoms with E-state index in [1.807, 2.05) is 69.3 Å². The van der Waals surface area contributed by atoms with Crippen LogP contribution in [0, 0.1) is 0 Å². The largest absolute Gasteiger partial charge is 0.494 e. The van der Waals surface area contributed by atoms with Gasteiger partial charge >= 0.3 is 12.1 Å². The number of urea groups is 1. The molecule has 0 radical (unpaired) electrons. The van der Waals surface area contributed by atoms with Crippen LogP contribution in [-0.2, 0) is 4.74 Å². The van der Waals surface area contributed by atoms with Crippen molar-refractivity contribution in [2.24, 2.45) is 0 Å². The molecule has 3 amide bonds. The number of hydrogen-bond donors (Lipinski definition) is 2. The molecule has 0 aromatic heterocycles. The van der Waals surface area contributed by atoms with E-state index in [1.54, 1.807) is 4.90 Å². The summed E-state index contributed by atoms with van der Waals surface area (Å²) < 4.78 is 11.1. The Labute approximate surface area is 202 Å². The number of hydrogen-bond acceptors (Lipinski definition) is 5. The average molecular weight is 469 g/mol. The lowest BCUT2D eigenvalue weighted by molar-refractivity contribution is 0.0240. The van der Waals surface area contributed by atoms with Crippen molar-refractivity contribution in [1.82, 2.24) is 4.90 Å². The van der Waals surface area contributed by atoms with Gasteiger partial charge in [0.25, 0.3) is 0 Å². The molecule has 1 aliphatic heterocycles. The number of anilines is 3. The van der Waals surface area contributed by atoms with Crippen LogP contribution in [-0.4, -0.2) is 55.4 Å². The Balaban J connectivity index is 1.45. The summed E-state index contributed by atoms with van der Waals surface area (Å²) in [5.41, 5.74) is 1.96. The molecule has 0 bridgehead atoms. The van der Waals surface area contributed by atoms with Crippen molar-refractivity contribution in [3.05, 3.63) is 48.5 Å². The number of unbranched alkanes of at least 4 members (excludes halogenated alkanes) is 1. The zero-order valence-corrected chi connectivity index (χ0v) is 20.6. The van der Waals surface area contributed by atoms with E-state index in [0.717, 1.165) is 37.4 Å². The first kappa shape index (κ1) is 25.2. The number of amides is 3. The van der Waals surface area contributed by atoms with E-state index in [1.165, 1.54) is 0 Å². The fraction of sp³-hybridized carbons (Fsp3) is 0.462. The fourth-order valence-corrected chi connectivity index (χ4v) is 3.49. The number of piperazine rings is 1. The van der Waals surface area contributed by atoms with Gasteiger partial charge in [0.2, 0.25) is 0 Å². The molecular formula is C26H36N4O4. The first-order valence-electron chi connectivity index (χ1n) is 11.9. The van der Waals surface area contributed by atoms with E-state index < -0.39 is 5.60 Å². The average Bonchev–Trinajstić information content (AvgIpc) is 2.80. The van der Waals surface area contributed by atoms with Crippen molar-refractivity contribution in [3.63, 3.8) is 0 Å². The molecule has 8 nitrogen and oxygen atoms in total. The highest BCUT2D eigenvalue weighted by atomic mass is 16.6. The number of carbonyl (C=O) groups is 2. The summed E-state index contributed by atoms with van der Waals surface area (Å²) in [4.78, 5) is 28.5. The van der Waals surface area contributed by atoms with Gasteiger partial charge < -0.3 is 29.9 Å². The topological polar surface area (TPSA) is 83.1 Å². The number of nitrogens with one attached hydrogen (secondary N) is 2. The molecule has 8 heteroatoms. The molecule has 0 aliphatic carbocycles. The van der Waals surface area contributed by atoms with Crippen molar-refractivity contribution < 1.29 is 19.1 Å². The van der Waals surface area contributed by atoms with Crippen LogP contribution in [0.4, 0.5) is 26.7 Å². The predicted molar refractivity (Wildman–Crippen MR) is 136 cm³/mol. The van der Waals surface area contributed by atoms with Crippen molar-refractivity contribution >= 4 is 29.2 Å². The lowest BCUT2D eigenvalue weighted by Gasteiger charge is -2.36. The number of ether oxygens (including phenoxy) is 2. The number of benzene rings is 2. The van der Waals surface area contributed by atoms with Crippen LogP contribution in [0.1, 0.15) is 40.5 Å². The van der Waals surface area contributed by atoms with Gasteiger partial charge in [-0.15, -0.1) is 0 Å². The molecule has 2 aromatic carbocycles. The molecule has 1 saturated heterocycles. The minimum absolute atomic E-state index is 0.267. The van der Waals surface area contributed by atoms with Crippen molar-refractivity contribution in [3.8, 4) is 5.75 Å². The molecule has 3 rings (SSSR count). The van der Waals surface area contributed by atoms with Crippen molar-refractivity contribution in [2.75, 3.05) is 48.3 Å². The van der Waals surface area contributed by atoms with Crippen LogP contribution in [0.5, 0.6) is 5.75 Å². The molecule has 0 atom stereocenters. The van der Waals surface area contributed by atoms with Crippen LogP contribution >= 0.6 is 0 Å². The summed E-state index contributed by atoms with van der Waals surface area (Å²) >= 11 is 0. The van der Waals surface area contributed by atoms with Crippen LogP contribution < -0.4 is 20.3 Å². The third-order valence-electron chi connectivity index (χ3n) is 5.30. The Morgan fingerprint density at radius 2 is 1.44 bits per heavy atom. The monoisotopic (exact) mass is 468 g/mol. The van der Waals surface area contributed by atoms with Gasteiger partial charge in [0.05, 0.1) is 6.61 Å². The van der Waals surface area contributed by atoms with Gasteiger partial charge in [0, 0.05) is 43.2 Å². The molecule has 1 aliphatic rings. The van der Waals surface area contributed by atoms with E-state index in [4.69, 9.17) is 9.47 Å². The molecule has 184 valence electrons. The van der Waals surface area contributed by atoms with Crippen molar-refractivity contribution in [1.29, 1.82) is 0 Å². The second-order valence-corrected chi connectivity index (χ2v) is 9.31. The maximum Gasteiger partial charge on any atom is 0.410 e. The summed E-state index contributed by atoms with van der Waals surface area (Å²) in [6.07, 6.45) is 1.84. The Kier molecular flexibility index (Phi) is 8.62. The zero-order valence-electron chi connectivity index (χ0n) is 20.6. The fourth-order valence-electron chi connectivity index (χ4n) is 3.49. The Morgan fingerprint density at radius 1 is 0.882 bits per heavy atom. The second kappa shape index (κ2) is 11.6. The molecule has 0 unspecified atom stereocenters. The highest BCUT2D eigenvalue weighted by molar-refractivity contribution is 5.99. The molecule has 1 heterocycles. The Morgan fingerprint density at radius 3 is 1.97 bits per heavy atom. The summed E-state index contributed by atoms with van der Waals surface area (Å²) in [5.74, 6) is 0.793. The summed E-state index contributed by atoms with van der Waals surface area (Å²) in [6.45, 7) is 11.1. The van der Waals surface area contributed by atoms with E-state index >= 15 is 0 Å². The van der Waals surface area contributed by atoms with E-state index in [0.29, 0.717) is 31.1 Å². The molecule has 2 aromatic rings. The van der Waals surface area contributed by atoms with Gasteiger partial charge in [-0.25, -0.2) is 9.59 Å². The quantitative estimate of drug-likeness (QED) is 0.519. The smallest absolute Gasteiger partial charge is 0.410 e. The number of nitrogens with zero attached hydrogens (tertiary/aromatic N) is 2. The van der Waals surface area contributed by atoms with Crippen molar-refractivity contribution in [2.45, 2.75) is 46.1 Å². The second-order valence-electron chi connectivity index (χ2n) is 9.31. The highest BCUT2D eigenvalue weighted by Crippen LogP contribution is 2.21. The molecule has 1 fully saturated rings. The maximum absolute atomic E-state index is 12.4. The minimum atomic E-state index is -0.491. The number of carbonyl (C=O) groups excluding carboxylic acids is 2. The summed E-state index contributed by atoms with van der Waals surface area (Å²) in [6, 6.07) is 14.7. The van der Waals surface area contributed by atoms with Gasteiger partial charge in [-0.2, -0.15) is 0 Å². The highest BCUT2D eigenvalue weighted by Gasteiger charge is 2.25. The van der Waals surface area contributed by atoms with Gasteiger partial charge in [-0.05, 0) is 75.7 Å². The van der Waals surface area contributed by atoms with E-state index in [-0.39, 0.29) is 12.1 Å². The van der Waals surface area contributed by atoms with E-state index in [9.17, 15) is 9.59 Å². The number of rotatable bonds is 7. The third kappa shape index (κ3) is 7.86. The van der Waals surface area contributed by atoms with Crippen LogP contribution in [0.2, 0.25) is 0 Å². The minimum Gasteiger partial charge on any atom is -0.494 e. The van der Waals surface area contributed by atoms with Crippen LogP contribution in [0.15, 0.2) is 48.5 Å². The molecule has 34 heavy (non-hydrogen) atoms. The Hall–Kier alpha value is -3.42. The normalized spacial score (nSPS) is 13.9. The van der Waals surface area contributed by atoms with Gasteiger partial charge in [0.15, 0.2) is 0 Å². The first-order chi connectivity index (χ1) is 16.2. The SMILES string of the molecule is CCCCOc1ccc(NC(=O)Nc2ccc(N3CCN(C(=O)OC(C)(C)C)CC3)cc2)cc1. The van der Waals surface area contributed by atoms with Gasteiger partial charge in [-0.1, -0.05) is 13.3 Å². The predicted octanol–water partition coefficient (Wildman–Crippen LogP) is 5.57. The third-order valence-corrected chi connectivity index (χ3v) is 5.30. The first-order valence-corrected chi connectivity index (χ1v) is 11.9. The molecule has 0 saturated carbocycles. The van der Waals surface area contributed by atoms with E-state index in [2.05, 4.69) is 22.5 Å². The lowest BCUT2D eigenvalue weighted by Crippen LogP contribution is -2.50. The Bertz CT molecular complexity index is 931. The van der Waals surface area contributed by atoms with Crippen LogP contribution in [0.3, 0.4) is 0 Å².